The molecule has 86 valence electrons. The normalized spacial score (nSPS) is 27.8. The summed E-state index contributed by atoms with van der Waals surface area (Å²) in [5, 5.41) is 9.55. The Balaban J connectivity index is 2.55. The summed E-state index contributed by atoms with van der Waals surface area (Å²) < 4.78 is 0. The molecule has 1 heteroatoms. The van der Waals surface area contributed by atoms with Crippen LogP contribution in [0.3, 0.4) is 0 Å². The molecular weight excluding hydrogens is 184 g/mol. The Bertz CT molecular complexity index is 227. The van der Waals surface area contributed by atoms with Gasteiger partial charge >= 0.3 is 0 Å². The number of aliphatic hydroxyl groups is 1. The van der Waals surface area contributed by atoms with Gasteiger partial charge in [0.05, 0.1) is 6.10 Å². The lowest BCUT2D eigenvalue weighted by molar-refractivity contribution is 0.179. The molecule has 1 fully saturated rings. The SMILES string of the molecule is CC=CCC(=CCCC)C1CCC(O)C1. The smallest absolute Gasteiger partial charge is 0.0546 e. The second kappa shape index (κ2) is 6.84. The van der Waals surface area contributed by atoms with Crippen LogP contribution in [0.25, 0.3) is 0 Å². The van der Waals surface area contributed by atoms with Crippen molar-refractivity contribution in [3.63, 3.8) is 0 Å². The van der Waals surface area contributed by atoms with E-state index in [-0.39, 0.29) is 6.10 Å². The third-order valence-corrected chi connectivity index (χ3v) is 3.21. The predicted octanol–water partition coefficient (Wildman–Crippen LogP) is 3.84. The summed E-state index contributed by atoms with van der Waals surface area (Å²) in [5.41, 5.74) is 1.55. The van der Waals surface area contributed by atoms with Crippen molar-refractivity contribution in [3.8, 4) is 0 Å². The van der Waals surface area contributed by atoms with Crippen molar-refractivity contribution < 1.29 is 5.11 Å². The van der Waals surface area contributed by atoms with Crippen LogP contribution in [0.15, 0.2) is 23.8 Å². The van der Waals surface area contributed by atoms with Crippen molar-refractivity contribution in [2.75, 3.05) is 0 Å². The van der Waals surface area contributed by atoms with Crippen molar-refractivity contribution >= 4 is 0 Å². The number of unbranched alkanes of at least 4 members (excludes halogenated alkanes) is 1. The van der Waals surface area contributed by atoms with E-state index in [1.807, 2.05) is 0 Å². The van der Waals surface area contributed by atoms with Crippen molar-refractivity contribution in [2.45, 2.75) is 58.5 Å². The van der Waals surface area contributed by atoms with Gasteiger partial charge in [0.25, 0.3) is 0 Å². The first-order valence-corrected chi connectivity index (χ1v) is 6.26. The number of hydrogen-bond acceptors (Lipinski definition) is 1. The van der Waals surface area contributed by atoms with Gasteiger partial charge < -0.3 is 5.11 Å². The van der Waals surface area contributed by atoms with E-state index >= 15 is 0 Å². The topological polar surface area (TPSA) is 20.2 Å². The van der Waals surface area contributed by atoms with Gasteiger partial charge in [-0.2, -0.15) is 0 Å². The lowest BCUT2D eigenvalue weighted by Crippen LogP contribution is -2.03. The fraction of sp³-hybridized carbons (Fsp3) is 0.714. The third kappa shape index (κ3) is 4.21. The summed E-state index contributed by atoms with van der Waals surface area (Å²) in [5.74, 6) is 0.641. The van der Waals surface area contributed by atoms with Crippen molar-refractivity contribution in [3.05, 3.63) is 23.8 Å². The van der Waals surface area contributed by atoms with E-state index in [9.17, 15) is 5.11 Å². The van der Waals surface area contributed by atoms with E-state index in [0.29, 0.717) is 5.92 Å². The summed E-state index contributed by atoms with van der Waals surface area (Å²) in [7, 11) is 0. The van der Waals surface area contributed by atoms with E-state index in [1.165, 1.54) is 19.3 Å². The molecule has 0 aromatic rings. The van der Waals surface area contributed by atoms with Gasteiger partial charge in [0.2, 0.25) is 0 Å². The van der Waals surface area contributed by atoms with Crippen molar-refractivity contribution in [1.29, 1.82) is 0 Å². The van der Waals surface area contributed by atoms with Crippen LogP contribution in [-0.4, -0.2) is 11.2 Å². The summed E-state index contributed by atoms with van der Waals surface area (Å²) in [6.07, 6.45) is 13.3. The Morgan fingerprint density at radius 2 is 2.20 bits per heavy atom. The first-order chi connectivity index (χ1) is 7.27. The molecule has 0 heterocycles. The first kappa shape index (κ1) is 12.5. The molecule has 2 atom stereocenters. The summed E-state index contributed by atoms with van der Waals surface area (Å²) >= 11 is 0. The standard InChI is InChI=1S/C14H24O/c1-3-5-7-12(8-6-4-2)13-9-10-14(15)11-13/h3,5,8,13-15H,4,6-7,9-11H2,1-2H3. The Kier molecular flexibility index (Phi) is 5.70. The number of hydrogen-bond donors (Lipinski definition) is 1. The van der Waals surface area contributed by atoms with E-state index in [1.54, 1.807) is 5.57 Å². The van der Waals surface area contributed by atoms with Crippen LogP contribution in [0.5, 0.6) is 0 Å². The highest BCUT2D eigenvalue weighted by Crippen LogP contribution is 2.33. The fourth-order valence-corrected chi connectivity index (χ4v) is 2.29. The molecule has 1 aliphatic rings. The van der Waals surface area contributed by atoms with Crippen molar-refractivity contribution in [2.24, 2.45) is 5.92 Å². The van der Waals surface area contributed by atoms with Crippen LogP contribution in [0.2, 0.25) is 0 Å². The highest BCUT2D eigenvalue weighted by Gasteiger charge is 2.24. The lowest BCUT2D eigenvalue weighted by Gasteiger charge is -2.13. The average Bonchev–Trinajstić information content (AvgIpc) is 2.65. The number of aliphatic hydroxyl groups excluding tert-OH is 1. The van der Waals surface area contributed by atoms with Gasteiger partial charge in [-0.3, -0.25) is 0 Å². The predicted molar refractivity (Wildman–Crippen MR) is 65.8 cm³/mol. The van der Waals surface area contributed by atoms with Crippen LogP contribution >= 0.6 is 0 Å². The number of rotatable bonds is 5. The van der Waals surface area contributed by atoms with Crippen LogP contribution in [0.4, 0.5) is 0 Å². The largest absolute Gasteiger partial charge is 0.393 e. The molecule has 1 N–H and O–H groups in total. The van der Waals surface area contributed by atoms with Crippen LogP contribution < -0.4 is 0 Å². The molecule has 0 spiro atoms. The van der Waals surface area contributed by atoms with Gasteiger partial charge in [-0.15, -0.1) is 0 Å². The van der Waals surface area contributed by atoms with Crippen LogP contribution in [0, 0.1) is 5.92 Å². The minimum Gasteiger partial charge on any atom is -0.393 e. The minimum absolute atomic E-state index is 0.0503. The van der Waals surface area contributed by atoms with E-state index < -0.39 is 0 Å². The van der Waals surface area contributed by atoms with Gasteiger partial charge in [0.15, 0.2) is 0 Å². The fourth-order valence-electron chi connectivity index (χ4n) is 2.29. The molecule has 0 aliphatic heterocycles. The Hall–Kier alpha value is -0.560. The van der Waals surface area contributed by atoms with E-state index in [2.05, 4.69) is 32.1 Å². The van der Waals surface area contributed by atoms with E-state index in [0.717, 1.165) is 19.3 Å². The third-order valence-electron chi connectivity index (χ3n) is 3.21. The van der Waals surface area contributed by atoms with Gasteiger partial charge in [0.1, 0.15) is 0 Å². The van der Waals surface area contributed by atoms with Crippen molar-refractivity contribution in [1.82, 2.24) is 0 Å². The lowest BCUT2D eigenvalue weighted by atomic mass is 9.93. The molecule has 0 amide bonds. The molecule has 1 saturated carbocycles. The number of allylic oxidation sites excluding steroid dienone is 4. The van der Waals surface area contributed by atoms with Crippen LogP contribution in [0.1, 0.15) is 52.4 Å². The monoisotopic (exact) mass is 208 g/mol. The molecule has 0 radical (unpaired) electrons. The molecule has 1 aliphatic carbocycles. The Labute approximate surface area is 93.9 Å². The molecule has 0 saturated heterocycles. The summed E-state index contributed by atoms with van der Waals surface area (Å²) in [4.78, 5) is 0. The molecule has 0 aromatic heterocycles. The molecule has 15 heavy (non-hydrogen) atoms. The summed E-state index contributed by atoms with van der Waals surface area (Å²) in [6, 6.07) is 0. The second-order valence-electron chi connectivity index (χ2n) is 4.50. The zero-order valence-electron chi connectivity index (χ0n) is 10.1. The van der Waals surface area contributed by atoms with Gasteiger partial charge in [-0.25, -0.2) is 0 Å². The molecule has 1 rings (SSSR count). The molecular formula is C14H24O. The van der Waals surface area contributed by atoms with Gasteiger partial charge in [-0.05, 0) is 44.9 Å². The maximum Gasteiger partial charge on any atom is 0.0546 e. The molecule has 0 bridgehead atoms. The highest BCUT2D eigenvalue weighted by molar-refractivity contribution is 5.13. The zero-order valence-corrected chi connectivity index (χ0v) is 10.1. The van der Waals surface area contributed by atoms with Gasteiger partial charge in [0, 0.05) is 0 Å². The maximum atomic E-state index is 9.55. The van der Waals surface area contributed by atoms with Gasteiger partial charge in [-0.1, -0.05) is 37.1 Å². The maximum absolute atomic E-state index is 9.55. The zero-order chi connectivity index (χ0) is 11.1. The molecule has 2 unspecified atom stereocenters. The Morgan fingerprint density at radius 3 is 2.73 bits per heavy atom. The molecule has 1 nitrogen and oxygen atoms in total. The first-order valence-electron chi connectivity index (χ1n) is 6.26. The van der Waals surface area contributed by atoms with E-state index in [4.69, 9.17) is 0 Å². The summed E-state index contributed by atoms with van der Waals surface area (Å²) in [6.45, 7) is 4.29. The average molecular weight is 208 g/mol. The quantitative estimate of drug-likeness (QED) is 0.681. The molecule has 0 aromatic carbocycles. The minimum atomic E-state index is -0.0503. The van der Waals surface area contributed by atoms with Crippen LogP contribution in [-0.2, 0) is 0 Å². The second-order valence-corrected chi connectivity index (χ2v) is 4.50. The Morgan fingerprint density at radius 1 is 1.40 bits per heavy atom. The highest BCUT2D eigenvalue weighted by atomic mass is 16.3.